The van der Waals surface area contributed by atoms with E-state index < -0.39 is 0 Å². The lowest BCUT2D eigenvalue weighted by Crippen LogP contribution is -2.31. The molecule has 2 unspecified atom stereocenters. The highest BCUT2D eigenvalue weighted by atomic mass is 15.2. The molecule has 2 aromatic rings. The van der Waals surface area contributed by atoms with Gasteiger partial charge in [-0.25, -0.2) is 0 Å². The van der Waals surface area contributed by atoms with Crippen LogP contribution in [0.4, 0.5) is 0 Å². The zero-order chi connectivity index (χ0) is 12.4. The molecule has 2 atom stereocenters. The fourth-order valence-corrected chi connectivity index (χ4v) is 3.04. The number of hydrazine groups is 1. The summed E-state index contributed by atoms with van der Waals surface area (Å²) >= 11 is 0. The molecule has 18 heavy (non-hydrogen) atoms. The lowest BCUT2D eigenvalue weighted by atomic mass is 9.89. The standard InChI is InChI=1S/C16H18N2/c17-18-16(13-7-2-1-3-8-13)15-11-10-12-6-4-5-9-14(12)15/h1-9,15-16,18H,10-11,17H2. The topological polar surface area (TPSA) is 38.0 Å². The quantitative estimate of drug-likeness (QED) is 0.637. The molecule has 0 fully saturated rings. The van der Waals surface area contributed by atoms with Gasteiger partial charge in [-0.15, -0.1) is 0 Å². The normalized spacial score (nSPS) is 19.5. The monoisotopic (exact) mass is 238 g/mol. The highest BCUT2D eigenvalue weighted by molar-refractivity contribution is 5.38. The van der Waals surface area contributed by atoms with Crippen LogP contribution in [0.1, 0.15) is 35.1 Å². The first-order valence-electron chi connectivity index (χ1n) is 6.49. The third kappa shape index (κ3) is 1.94. The minimum atomic E-state index is 0.204. The van der Waals surface area contributed by atoms with Crippen molar-refractivity contribution in [3.05, 3.63) is 71.3 Å². The highest BCUT2D eigenvalue weighted by Crippen LogP contribution is 2.41. The Kier molecular flexibility index (Phi) is 3.13. The first-order valence-corrected chi connectivity index (χ1v) is 6.49. The summed E-state index contributed by atoms with van der Waals surface area (Å²) in [5.74, 6) is 6.27. The fourth-order valence-electron chi connectivity index (χ4n) is 3.04. The van der Waals surface area contributed by atoms with Crippen molar-refractivity contribution >= 4 is 0 Å². The minimum absolute atomic E-state index is 0.204. The molecule has 3 N–H and O–H groups in total. The summed E-state index contributed by atoms with van der Waals surface area (Å²) in [6.07, 6.45) is 2.33. The number of hydrogen-bond acceptors (Lipinski definition) is 2. The summed E-state index contributed by atoms with van der Waals surface area (Å²) in [6.45, 7) is 0. The molecule has 1 aliphatic carbocycles. The van der Waals surface area contributed by atoms with Crippen molar-refractivity contribution in [3.63, 3.8) is 0 Å². The molecule has 3 rings (SSSR count). The Hall–Kier alpha value is -1.64. The number of fused-ring (bicyclic) bond motifs is 1. The number of aryl methyl sites for hydroxylation is 1. The fraction of sp³-hybridized carbons (Fsp3) is 0.250. The number of hydrogen-bond donors (Lipinski definition) is 2. The van der Waals surface area contributed by atoms with Crippen LogP contribution in [-0.4, -0.2) is 0 Å². The Labute approximate surface area is 108 Å². The maximum atomic E-state index is 5.79. The summed E-state index contributed by atoms with van der Waals surface area (Å²) in [5.41, 5.74) is 7.19. The average molecular weight is 238 g/mol. The van der Waals surface area contributed by atoms with Gasteiger partial charge in [-0.3, -0.25) is 11.3 Å². The number of nitrogens with one attached hydrogen (secondary N) is 1. The predicted molar refractivity (Wildman–Crippen MR) is 74.0 cm³/mol. The van der Waals surface area contributed by atoms with Crippen molar-refractivity contribution in [2.45, 2.75) is 24.8 Å². The molecule has 0 heterocycles. The Bertz CT molecular complexity index is 522. The van der Waals surface area contributed by atoms with Crippen molar-refractivity contribution in [2.24, 2.45) is 5.84 Å². The SMILES string of the molecule is NNC(c1ccccc1)C1CCc2ccccc21. The van der Waals surface area contributed by atoms with E-state index in [1.807, 2.05) is 6.07 Å². The summed E-state index contributed by atoms with van der Waals surface area (Å²) in [4.78, 5) is 0. The van der Waals surface area contributed by atoms with Crippen molar-refractivity contribution in [1.29, 1.82) is 0 Å². The van der Waals surface area contributed by atoms with E-state index in [-0.39, 0.29) is 6.04 Å². The molecule has 0 radical (unpaired) electrons. The first-order chi connectivity index (χ1) is 8.90. The zero-order valence-corrected chi connectivity index (χ0v) is 10.3. The molecule has 0 saturated carbocycles. The van der Waals surface area contributed by atoms with Crippen LogP contribution < -0.4 is 11.3 Å². The molecule has 2 aromatic carbocycles. The van der Waals surface area contributed by atoms with E-state index in [0.29, 0.717) is 5.92 Å². The van der Waals surface area contributed by atoms with E-state index in [1.165, 1.54) is 23.1 Å². The van der Waals surface area contributed by atoms with Crippen molar-refractivity contribution in [2.75, 3.05) is 0 Å². The van der Waals surface area contributed by atoms with Crippen LogP contribution in [0, 0.1) is 0 Å². The Balaban J connectivity index is 1.95. The van der Waals surface area contributed by atoms with Crippen LogP contribution in [-0.2, 0) is 6.42 Å². The van der Waals surface area contributed by atoms with Crippen LogP contribution in [0.3, 0.4) is 0 Å². The molecular weight excluding hydrogens is 220 g/mol. The number of benzene rings is 2. The third-order valence-corrected chi connectivity index (χ3v) is 3.92. The Morgan fingerprint density at radius 2 is 1.72 bits per heavy atom. The summed E-state index contributed by atoms with van der Waals surface area (Å²) < 4.78 is 0. The molecule has 0 amide bonds. The van der Waals surface area contributed by atoms with E-state index in [4.69, 9.17) is 5.84 Å². The van der Waals surface area contributed by atoms with Crippen molar-refractivity contribution < 1.29 is 0 Å². The minimum Gasteiger partial charge on any atom is -0.271 e. The van der Waals surface area contributed by atoms with E-state index in [1.54, 1.807) is 0 Å². The number of nitrogens with two attached hydrogens (primary N) is 1. The molecule has 2 heteroatoms. The van der Waals surface area contributed by atoms with E-state index >= 15 is 0 Å². The smallest absolute Gasteiger partial charge is 0.0528 e. The second kappa shape index (κ2) is 4.92. The van der Waals surface area contributed by atoms with Gasteiger partial charge in [0.25, 0.3) is 0 Å². The van der Waals surface area contributed by atoms with Crippen molar-refractivity contribution in [3.8, 4) is 0 Å². The second-order valence-corrected chi connectivity index (χ2v) is 4.90. The lowest BCUT2D eigenvalue weighted by Gasteiger charge is -2.24. The van der Waals surface area contributed by atoms with Gasteiger partial charge >= 0.3 is 0 Å². The van der Waals surface area contributed by atoms with E-state index in [2.05, 4.69) is 54.0 Å². The maximum Gasteiger partial charge on any atom is 0.0528 e. The van der Waals surface area contributed by atoms with Crippen LogP contribution >= 0.6 is 0 Å². The predicted octanol–water partition coefficient (Wildman–Crippen LogP) is 2.92. The average Bonchev–Trinajstić information content (AvgIpc) is 2.85. The van der Waals surface area contributed by atoms with Gasteiger partial charge in [0.15, 0.2) is 0 Å². The van der Waals surface area contributed by atoms with E-state index in [0.717, 1.165) is 6.42 Å². The van der Waals surface area contributed by atoms with Gasteiger partial charge in [-0.1, -0.05) is 54.6 Å². The van der Waals surface area contributed by atoms with Crippen molar-refractivity contribution in [1.82, 2.24) is 5.43 Å². The van der Waals surface area contributed by atoms with E-state index in [9.17, 15) is 0 Å². The summed E-state index contributed by atoms with van der Waals surface area (Å²) in [6, 6.07) is 19.4. The van der Waals surface area contributed by atoms with Gasteiger partial charge in [0.1, 0.15) is 0 Å². The van der Waals surface area contributed by atoms with Gasteiger partial charge in [-0.2, -0.15) is 0 Å². The molecule has 0 spiro atoms. The third-order valence-electron chi connectivity index (χ3n) is 3.92. The Morgan fingerprint density at radius 1 is 1.00 bits per heavy atom. The second-order valence-electron chi connectivity index (χ2n) is 4.90. The molecular formula is C16H18N2. The zero-order valence-electron chi connectivity index (χ0n) is 10.3. The van der Waals surface area contributed by atoms with Crippen LogP contribution in [0.15, 0.2) is 54.6 Å². The molecule has 0 aromatic heterocycles. The molecule has 0 aliphatic heterocycles. The number of rotatable bonds is 3. The largest absolute Gasteiger partial charge is 0.271 e. The molecule has 2 nitrogen and oxygen atoms in total. The van der Waals surface area contributed by atoms with Gasteiger partial charge in [0.2, 0.25) is 0 Å². The highest BCUT2D eigenvalue weighted by Gasteiger charge is 2.29. The maximum absolute atomic E-state index is 5.79. The van der Waals surface area contributed by atoms with Gasteiger partial charge in [0.05, 0.1) is 6.04 Å². The Morgan fingerprint density at radius 3 is 2.50 bits per heavy atom. The van der Waals surface area contributed by atoms with Crippen LogP contribution in [0.2, 0.25) is 0 Å². The summed E-state index contributed by atoms with van der Waals surface area (Å²) in [7, 11) is 0. The first kappa shape index (κ1) is 11.5. The van der Waals surface area contributed by atoms with Crippen LogP contribution in [0.25, 0.3) is 0 Å². The molecule has 0 bridgehead atoms. The van der Waals surface area contributed by atoms with Gasteiger partial charge < -0.3 is 0 Å². The molecule has 0 saturated heterocycles. The molecule has 1 aliphatic rings. The lowest BCUT2D eigenvalue weighted by molar-refractivity contribution is 0.453. The van der Waals surface area contributed by atoms with Crippen LogP contribution in [0.5, 0.6) is 0 Å². The van der Waals surface area contributed by atoms with Gasteiger partial charge in [0, 0.05) is 5.92 Å². The summed E-state index contributed by atoms with van der Waals surface area (Å²) in [5, 5.41) is 0. The van der Waals surface area contributed by atoms with Gasteiger partial charge in [-0.05, 0) is 29.5 Å². The molecule has 92 valence electrons.